The number of aromatic nitrogens is 1. The van der Waals surface area contributed by atoms with Crippen LogP contribution in [0.5, 0.6) is 0 Å². The molecule has 4 nitrogen and oxygen atoms in total. The molecule has 0 saturated carbocycles. The van der Waals surface area contributed by atoms with Gasteiger partial charge in [-0.3, -0.25) is 15.8 Å². The van der Waals surface area contributed by atoms with Gasteiger partial charge in [-0.1, -0.05) is 121 Å². The van der Waals surface area contributed by atoms with Gasteiger partial charge in [0.25, 0.3) is 0 Å². The first-order valence-electron chi connectivity index (χ1n) is 15.7. The van der Waals surface area contributed by atoms with E-state index in [0.717, 1.165) is 33.5 Å². The number of fused-ring (bicyclic) bond motifs is 2. The van der Waals surface area contributed by atoms with Crippen LogP contribution in [-0.2, 0) is 0 Å². The molecule has 4 heteroatoms. The SMILES string of the molecule is [NH2+]=C1C=C(c2cccc(-c3c4ccccc4c(-c4ccccc4)c4ccccc34)c2)C=C/C1=N/Nc1cccc(-c2cccnc2)c1. The van der Waals surface area contributed by atoms with Crippen molar-refractivity contribution in [2.75, 3.05) is 5.43 Å². The summed E-state index contributed by atoms with van der Waals surface area (Å²) in [6, 6.07) is 49.0. The van der Waals surface area contributed by atoms with Gasteiger partial charge in [0.15, 0.2) is 5.71 Å². The van der Waals surface area contributed by atoms with Crippen LogP contribution in [0, 0.1) is 0 Å². The molecule has 0 amide bonds. The number of nitrogens with two attached hydrogens (primary N) is 1. The maximum atomic E-state index is 6.57. The number of pyridine rings is 1. The summed E-state index contributed by atoms with van der Waals surface area (Å²) in [5.74, 6) is 0. The fraction of sp³-hybridized carbons (Fsp3) is 0. The number of nitrogens with one attached hydrogen (secondary N) is 1. The monoisotopic (exact) mass is 603 g/mol. The number of allylic oxidation sites excluding steroid dienone is 4. The molecule has 0 saturated heterocycles. The molecule has 47 heavy (non-hydrogen) atoms. The number of rotatable bonds is 6. The van der Waals surface area contributed by atoms with E-state index in [9.17, 15) is 0 Å². The van der Waals surface area contributed by atoms with Crippen molar-refractivity contribution in [3.63, 3.8) is 0 Å². The molecule has 6 aromatic carbocycles. The standard InChI is InChI=1S/C43H30N4/c44-40-27-32(22-23-41(40)47-46-35-17-9-14-31(26-35)34-16-10-24-45-28-34)30-13-8-15-33(25-30)43-38-20-6-4-18-36(38)42(29-11-2-1-3-12-29)37-19-5-7-21-39(37)43/h1-28,44,46H/p+1/b44-40?,47-41-. The van der Waals surface area contributed by atoms with E-state index >= 15 is 0 Å². The largest absolute Gasteiger partial charge is 0.278 e. The molecule has 222 valence electrons. The van der Waals surface area contributed by atoms with Crippen molar-refractivity contribution in [1.82, 2.24) is 4.98 Å². The molecule has 0 fully saturated rings. The van der Waals surface area contributed by atoms with Gasteiger partial charge in [-0.05, 0) is 90.8 Å². The lowest BCUT2D eigenvalue weighted by atomic mass is 9.85. The van der Waals surface area contributed by atoms with Crippen LogP contribution in [0.4, 0.5) is 5.69 Å². The van der Waals surface area contributed by atoms with Crippen molar-refractivity contribution in [3.05, 3.63) is 176 Å². The van der Waals surface area contributed by atoms with Crippen LogP contribution >= 0.6 is 0 Å². The van der Waals surface area contributed by atoms with Crippen LogP contribution in [-0.4, -0.2) is 16.4 Å². The summed E-state index contributed by atoms with van der Waals surface area (Å²) >= 11 is 0. The van der Waals surface area contributed by atoms with Crippen molar-refractivity contribution in [1.29, 1.82) is 0 Å². The van der Waals surface area contributed by atoms with Crippen molar-refractivity contribution < 1.29 is 5.41 Å². The van der Waals surface area contributed by atoms with Gasteiger partial charge in [0.1, 0.15) is 0 Å². The smallest absolute Gasteiger partial charge is 0.225 e. The summed E-state index contributed by atoms with van der Waals surface area (Å²) < 4.78 is 0. The Kier molecular flexibility index (Phi) is 7.29. The van der Waals surface area contributed by atoms with E-state index in [4.69, 9.17) is 5.41 Å². The van der Waals surface area contributed by atoms with Crippen LogP contribution in [0.1, 0.15) is 5.56 Å². The Morgan fingerprint density at radius 3 is 1.79 bits per heavy atom. The first-order chi connectivity index (χ1) is 23.2. The molecule has 0 spiro atoms. The minimum Gasteiger partial charge on any atom is -0.278 e. The zero-order valence-electron chi connectivity index (χ0n) is 25.6. The van der Waals surface area contributed by atoms with Crippen molar-refractivity contribution in [3.8, 4) is 33.4 Å². The molecule has 1 heterocycles. The summed E-state index contributed by atoms with van der Waals surface area (Å²) in [5, 5.41) is 16.1. The highest BCUT2D eigenvalue weighted by atomic mass is 15.3. The maximum Gasteiger partial charge on any atom is 0.225 e. The Morgan fingerprint density at radius 1 is 0.511 bits per heavy atom. The average Bonchev–Trinajstić information content (AvgIpc) is 3.14. The Bertz CT molecular complexity index is 2330. The third-order valence-corrected chi connectivity index (χ3v) is 8.67. The van der Waals surface area contributed by atoms with Crippen LogP contribution in [0.15, 0.2) is 175 Å². The molecule has 0 radical (unpaired) electrons. The average molecular weight is 604 g/mol. The highest BCUT2D eigenvalue weighted by Crippen LogP contribution is 2.43. The van der Waals surface area contributed by atoms with E-state index in [2.05, 4.69) is 137 Å². The highest BCUT2D eigenvalue weighted by Gasteiger charge is 2.18. The van der Waals surface area contributed by atoms with Crippen molar-refractivity contribution >= 4 is 44.2 Å². The molecule has 0 unspecified atom stereocenters. The van der Waals surface area contributed by atoms with Crippen molar-refractivity contribution in [2.24, 2.45) is 5.10 Å². The first-order valence-corrected chi connectivity index (χ1v) is 15.7. The van der Waals surface area contributed by atoms with Gasteiger partial charge in [0, 0.05) is 24.0 Å². The predicted octanol–water partition coefficient (Wildman–Crippen LogP) is 9.01. The molecule has 1 aromatic heterocycles. The Balaban J connectivity index is 1.13. The van der Waals surface area contributed by atoms with Crippen molar-refractivity contribution in [2.45, 2.75) is 0 Å². The molecule has 1 aliphatic rings. The summed E-state index contributed by atoms with van der Waals surface area (Å²) in [7, 11) is 0. The second-order valence-electron chi connectivity index (χ2n) is 11.6. The molecule has 0 atom stereocenters. The summed E-state index contributed by atoms with van der Waals surface area (Å²) in [4.78, 5) is 4.23. The van der Waals surface area contributed by atoms with Gasteiger partial charge < -0.3 is 0 Å². The van der Waals surface area contributed by atoms with Gasteiger partial charge >= 0.3 is 0 Å². The fourth-order valence-electron chi connectivity index (χ4n) is 6.47. The third-order valence-electron chi connectivity index (χ3n) is 8.67. The molecule has 8 rings (SSSR count). The minimum absolute atomic E-state index is 0.604. The first kappa shape index (κ1) is 28.1. The lowest BCUT2D eigenvalue weighted by Gasteiger charge is -2.18. The van der Waals surface area contributed by atoms with Gasteiger partial charge in [0.2, 0.25) is 5.71 Å². The van der Waals surface area contributed by atoms with Crippen LogP contribution in [0.2, 0.25) is 0 Å². The Hall–Kier alpha value is -6.39. The van der Waals surface area contributed by atoms with E-state index in [1.54, 1.807) is 6.20 Å². The number of hydrazone groups is 1. The quantitative estimate of drug-likeness (QED) is 0.113. The molecular weight excluding hydrogens is 573 g/mol. The zero-order valence-corrected chi connectivity index (χ0v) is 25.6. The fourth-order valence-corrected chi connectivity index (χ4v) is 6.47. The number of benzene rings is 6. The number of anilines is 1. The van der Waals surface area contributed by atoms with E-state index < -0.39 is 0 Å². The van der Waals surface area contributed by atoms with Gasteiger partial charge in [-0.2, -0.15) is 5.10 Å². The summed E-state index contributed by atoms with van der Waals surface area (Å²) in [6.45, 7) is 0. The van der Waals surface area contributed by atoms with E-state index in [1.807, 2.05) is 42.6 Å². The molecular formula is C43H31N4+. The lowest BCUT2D eigenvalue weighted by Crippen LogP contribution is -2.44. The second kappa shape index (κ2) is 12.2. The molecule has 1 aliphatic carbocycles. The zero-order chi connectivity index (χ0) is 31.6. The third kappa shape index (κ3) is 5.43. The minimum atomic E-state index is 0.604. The van der Waals surface area contributed by atoms with Crippen LogP contribution in [0.3, 0.4) is 0 Å². The number of hydrogen-bond donors (Lipinski definition) is 2. The lowest BCUT2D eigenvalue weighted by molar-refractivity contribution is -0.108. The molecule has 3 N–H and O–H groups in total. The predicted molar refractivity (Wildman–Crippen MR) is 197 cm³/mol. The van der Waals surface area contributed by atoms with Gasteiger partial charge in [0.05, 0.1) is 5.69 Å². The topological polar surface area (TPSA) is 62.9 Å². The van der Waals surface area contributed by atoms with E-state index in [-0.39, 0.29) is 0 Å². The Labute approximate surface area is 273 Å². The summed E-state index contributed by atoms with van der Waals surface area (Å²) in [6.07, 6.45) is 9.68. The molecule has 7 aromatic rings. The van der Waals surface area contributed by atoms with Gasteiger partial charge in [-0.25, -0.2) is 0 Å². The van der Waals surface area contributed by atoms with Crippen LogP contribution < -0.4 is 10.8 Å². The van der Waals surface area contributed by atoms with E-state index in [1.165, 1.54) is 38.2 Å². The highest BCUT2D eigenvalue weighted by molar-refractivity contribution is 6.50. The van der Waals surface area contributed by atoms with Crippen LogP contribution in [0.25, 0.3) is 60.5 Å². The number of nitrogens with zero attached hydrogens (tertiary/aromatic N) is 2. The second-order valence-corrected chi connectivity index (χ2v) is 11.6. The van der Waals surface area contributed by atoms with Gasteiger partial charge in [-0.15, -0.1) is 0 Å². The summed E-state index contributed by atoms with van der Waals surface area (Å²) in [5.41, 5.74) is 14.5. The molecule has 0 aliphatic heterocycles. The number of hydrogen-bond acceptors (Lipinski definition) is 3. The normalized spacial score (nSPS) is 13.7. The molecule has 0 bridgehead atoms. The Morgan fingerprint density at radius 2 is 1.11 bits per heavy atom. The maximum absolute atomic E-state index is 6.57. The van der Waals surface area contributed by atoms with E-state index in [0.29, 0.717) is 11.4 Å².